The van der Waals surface area contributed by atoms with Gasteiger partial charge in [-0.15, -0.1) is 0 Å². The molecule has 230 valence electrons. The highest BCUT2D eigenvalue weighted by Gasteiger charge is 2.53. The number of imidazole rings is 1. The summed E-state index contributed by atoms with van der Waals surface area (Å²) in [6.45, 7) is 10.6. The second-order valence-electron chi connectivity index (χ2n) is 11.9. The van der Waals surface area contributed by atoms with E-state index in [0.29, 0.717) is 0 Å². The summed E-state index contributed by atoms with van der Waals surface area (Å²) in [7, 11) is -4.56. The van der Waals surface area contributed by atoms with Crippen LogP contribution in [0.5, 0.6) is 0 Å². The number of rotatable bonds is 10. The second-order valence-corrected chi connectivity index (χ2v) is 13.6. The van der Waals surface area contributed by atoms with Crippen LogP contribution in [0.25, 0.3) is 11.2 Å². The number of H-pyrrole nitrogens is 1. The topological polar surface area (TPSA) is 196 Å². The molecule has 1 saturated heterocycles. The molecular weight excluding hydrogens is 568 g/mol. The zero-order valence-corrected chi connectivity index (χ0v) is 25.2. The van der Waals surface area contributed by atoms with E-state index in [9.17, 15) is 18.9 Å². The van der Waals surface area contributed by atoms with Crippen molar-refractivity contribution in [3.05, 3.63) is 16.7 Å². The Morgan fingerprint density at radius 1 is 1.12 bits per heavy atom. The highest BCUT2D eigenvalue weighted by atomic mass is 31.2. The number of phosphoric acid groups is 1. The van der Waals surface area contributed by atoms with Crippen LogP contribution >= 0.6 is 7.82 Å². The predicted molar refractivity (Wildman–Crippen MR) is 142 cm³/mol. The van der Waals surface area contributed by atoms with Gasteiger partial charge in [0, 0.05) is 5.92 Å². The van der Waals surface area contributed by atoms with E-state index in [1.807, 2.05) is 0 Å². The lowest BCUT2D eigenvalue weighted by Crippen LogP contribution is -2.37. The van der Waals surface area contributed by atoms with Gasteiger partial charge in [-0.2, -0.15) is 4.98 Å². The highest BCUT2D eigenvalue weighted by molar-refractivity contribution is 7.48. The molecule has 0 radical (unpaired) electrons. The lowest BCUT2D eigenvalue weighted by Gasteiger charge is -2.29. The van der Waals surface area contributed by atoms with Crippen molar-refractivity contribution in [2.75, 3.05) is 25.9 Å². The van der Waals surface area contributed by atoms with Crippen LogP contribution in [0.15, 0.2) is 11.1 Å². The van der Waals surface area contributed by atoms with Crippen LogP contribution in [0.4, 0.5) is 10.3 Å². The van der Waals surface area contributed by atoms with E-state index in [0.717, 1.165) is 0 Å². The van der Waals surface area contributed by atoms with Gasteiger partial charge in [0.25, 0.3) is 5.56 Å². The maximum absolute atomic E-state index is 15.6. The molecule has 15 nitrogen and oxygen atoms in total. The minimum atomic E-state index is -4.56. The smallest absolute Gasteiger partial charge is 0.437 e. The standard InChI is InChI=1S/C24H37FN5O10P/c1-13-14(25)18(30-10-27-15-16(30)28-21(26)29-17(15)31)40-24(13,8)9-37-41(34,38-11-35-19(32)22(2,3)4)39-12-36-20(33)23(5,6)7/h10,13-14,18H,9,11-12H2,1-8H3,(H3,26,28,29,31)/t13-,14+,18+,24+/m0/s1. The normalized spacial score (nSPS) is 23.6. The van der Waals surface area contributed by atoms with Crippen molar-refractivity contribution in [2.24, 2.45) is 16.7 Å². The van der Waals surface area contributed by atoms with E-state index in [1.54, 1.807) is 48.5 Å². The Morgan fingerprint density at radius 3 is 2.17 bits per heavy atom. The molecule has 1 aliphatic heterocycles. The summed E-state index contributed by atoms with van der Waals surface area (Å²) in [5, 5.41) is 0. The third-order valence-electron chi connectivity index (χ3n) is 6.36. The van der Waals surface area contributed by atoms with Gasteiger partial charge >= 0.3 is 19.8 Å². The van der Waals surface area contributed by atoms with E-state index < -0.39 is 80.3 Å². The monoisotopic (exact) mass is 605 g/mol. The van der Waals surface area contributed by atoms with Gasteiger partial charge in [-0.3, -0.25) is 28.5 Å². The number of carbonyl (C=O) groups is 2. The molecule has 0 aromatic carbocycles. The number of esters is 2. The number of hydrogen-bond donors (Lipinski definition) is 2. The first-order chi connectivity index (χ1) is 18.8. The van der Waals surface area contributed by atoms with E-state index in [-0.39, 0.29) is 17.1 Å². The number of anilines is 1. The molecular formula is C24H37FN5O10P. The first kappa shape index (κ1) is 32.6. The number of nitrogen functional groups attached to an aromatic ring is 1. The molecule has 2 aromatic rings. The van der Waals surface area contributed by atoms with Crippen LogP contribution in [-0.4, -0.2) is 63.4 Å². The third-order valence-corrected chi connectivity index (χ3v) is 7.65. The number of carbonyl (C=O) groups excluding carboxylic acids is 2. The SMILES string of the molecule is C[C@H]1[C@@H](F)[C@H](n2cnc3c(=O)[nH]c(N)nc32)O[C@]1(C)COP(=O)(OCOC(=O)C(C)(C)C)OCOC(=O)C(C)(C)C. The predicted octanol–water partition coefficient (Wildman–Crippen LogP) is 3.22. The van der Waals surface area contributed by atoms with Crippen molar-refractivity contribution in [1.29, 1.82) is 0 Å². The Balaban J connectivity index is 1.77. The fraction of sp³-hybridized carbons (Fsp3) is 0.708. The van der Waals surface area contributed by atoms with Crippen LogP contribution in [0.2, 0.25) is 0 Å². The minimum absolute atomic E-state index is 0.00920. The Morgan fingerprint density at radius 2 is 1.66 bits per heavy atom. The fourth-order valence-electron chi connectivity index (χ4n) is 3.58. The van der Waals surface area contributed by atoms with Crippen molar-refractivity contribution >= 4 is 36.9 Å². The number of hydrogen-bond acceptors (Lipinski definition) is 13. The minimum Gasteiger partial charge on any atom is -0.437 e. The third kappa shape index (κ3) is 7.49. The van der Waals surface area contributed by atoms with Crippen molar-refractivity contribution in [3.8, 4) is 0 Å². The van der Waals surface area contributed by atoms with Crippen LogP contribution in [0, 0.1) is 16.7 Å². The molecule has 0 aliphatic carbocycles. The van der Waals surface area contributed by atoms with E-state index >= 15 is 4.39 Å². The number of phosphoric ester groups is 1. The zero-order chi connectivity index (χ0) is 31.0. The lowest BCUT2D eigenvalue weighted by atomic mass is 9.90. The van der Waals surface area contributed by atoms with Gasteiger partial charge in [0.1, 0.15) is 0 Å². The van der Waals surface area contributed by atoms with E-state index in [2.05, 4.69) is 15.0 Å². The van der Waals surface area contributed by atoms with E-state index in [4.69, 9.17) is 33.5 Å². The molecule has 1 fully saturated rings. The Kier molecular flexibility index (Phi) is 9.35. The van der Waals surface area contributed by atoms with Crippen molar-refractivity contribution < 1.29 is 46.3 Å². The van der Waals surface area contributed by atoms with Crippen LogP contribution in [-0.2, 0) is 41.9 Å². The van der Waals surface area contributed by atoms with Crippen LogP contribution < -0.4 is 11.3 Å². The average molecular weight is 606 g/mol. The molecule has 0 unspecified atom stereocenters. The summed E-state index contributed by atoms with van der Waals surface area (Å²) in [6, 6.07) is 0. The number of nitrogens with one attached hydrogen (secondary N) is 1. The molecule has 0 saturated carbocycles. The van der Waals surface area contributed by atoms with Gasteiger partial charge in [0.05, 0.1) is 29.4 Å². The van der Waals surface area contributed by atoms with Gasteiger partial charge < -0.3 is 19.9 Å². The lowest BCUT2D eigenvalue weighted by molar-refractivity contribution is -0.164. The zero-order valence-electron chi connectivity index (χ0n) is 24.3. The number of ether oxygens (including phenoxy) is 3. The van der Waals surface area contributed by atoms with Gasteiger partial charge in [0.2, 0.25) is 19.5 Å². The molecule has 41 heavy (non-hydrogen) atoms. The van der Waals surface area contributed by atoms with Crippen molar-refractivity contribution in [1.82, 2.24) is 19.5 Å². The maximum atomic E-state index is 15.6. The highest BCUT2D eigenvalue weighted by Crippen LogP contribution is 2.52. The van der Waals surface area contributed by atoms with Gasteiger partial charge in [-0.25, -0.2) is 23.0 Å². The first-order valence-electron chi connectivity index (χ1n) is 12.7. The molecule has 0 amide bonds. The molecule has 17 heteroatoms. The molecule has 3 N–H and O–H groups in total. The van der Waals surface area contributed by atoms with Gasteiger partial charge in [-0.05, 0) is 48.5 Å². The number of nitrogens with two attached hydrogens (primary N) is 1. The number of halogens is 1. The number of fused-ring (bicyclic) bond motifs is 1. The molecule has 2 aromatic heterocycles. The van der Waals surface area contributed by atoms with Gasteiger partial charge in [-0.1, -0.05) is 6.92 Å². The number of nitrogens with zero attached hydrogens (tertiary/aromatic N) is 3. The number of aromatic nitrogens is 4. The largest absolute Gasteiger partial charge is 0.480 e. The number of aromatic amines is 1. The second kappa shape index (κ2) is 11.8. The molecule has 4 atom stereocenters. The average Bonchev–Trinajstić information content (AvgIpc) is 3.36. The summed E-state index contributed by atoms with van der Waals surface area (Å²) in [5.41, 5.74) is 1.83. The summed E-state index contributed by atoms with van der Waals surface area (Å²) in [5.74, 6) is -2.33. The first-order valence-corrected chi connectivity index (χ1v) is 14.2. The summed E-state index contributed by atoms with van der Waals surface area (Å²) in [6.07, 6.45) is -1.74. The quantitative estimate of drug-likeness (QED) is 0.228. The van der Waals surface area contributed by atoms with Gasteiger partial charge in [0.15, 0.2) is 23.6 Å². The van der Waals surface area contributed by atoms with Crippen molar-refractivity contribution in [2.45, 2.75) is 73.4 Å². The molecule has 0 bridgehead atoms. The number of alkyl halides is 1. The Labute approximate surface area is 235 Å². The van der Waals surface area contributed by atoms with E-state index in [1.165, 1.54) is 17.8 Å². The Hall–Kier alpha value is -2.91. The summed E-state index contributed by atoms with van der Waals surface area (Å²) >= 11 is 0. The maximum Gasteiger partial charge on any atom is 0.480 e. The summed E-state index contributed by atoms with van der Waals surface area (Å²) in [4.78, 5) is 46.7. The molecule has 1 aliphatic rings. The summed E-state index contributed by atoms with van der Waals surface area (Å²) < 4.78 is 62.1. The van der Waals surface area contributed by atoms with Crippen LogP contribution in [0.1, 0.15) is 61.6 Å². The molecule has 3 rings (SSSR count). The fourth-order valence-corrected chi connectivity index (χ4v) is 4.58. The molecule has 0 spiro atoms. The molecule has 3 heterocycles. The Bertz CT molecular complexity index is 1350. The van der Waals surface area contributed by atoms with Crippen LogP contribution in [0.3, 0.4) is 0 Å². The van der Waals surface area contributed by atoms with Crippen molar-refractivity contribution in [3.63, 3.8) is 0 Å².